The molecule has 96 valence electrons. The molecule has 0 radical (unpaired) electrons. The van der Waals surface area contributed by atoms with Gasteiger partial charge in [0.1, 0.15) is 18.0 Å². The summed E-state index contributed by atoms with van der Waals surface area (Å²) in [5.74, 6) is 0.960. The maximum atomic E-state index is 9.43. The lowest BCUT2D eigenvalue weighted by atomic mass is 9.96. The predicted octanol–water partition coefficient (Wildman–Crippen LogP) is 1.19. The summed E-state index contributed by atoms with van der Waals surface area (Å²) in [5.41, 5.74) is 2.63. The molecule has 0 aromatic carbocycles. The number of anilines is 1. The van der Waals surface area contributed by atoms with Gasteiger partial charge >= 0.3 is 0 Å². The number of aliphatic hydroxyl groups excluding tert-OH is 1. The standard InChI is InChI=1S/C14H14N4O/c1-8-11(4-15)13(9-2-3-9)12(5-16)14(17-8)18-6-10(19)7-18/h9-10,19H,2-3,6-7H2,1H3. The highest BCUT2D eigenvalue weighted by Gasteiger charge is 2.35. The zero-order valence-corrected chi connectivity index (χ0v) is 10.7. The second kappa shape index (κ2) is 4.22. The molecule has 1 aliphatic carbocycles. The average molecular weight is 254 g/mol. The highest BCUT2D eigenvalue weighted by Crippen LogP contribution is 2.45. The summed E-state index contributed by atoms with van der Waals surface area (Å²) in [6.07, 6.45) is 1.73. The van der Waals surface area contributed by atoms with Crippen molar-refractivity contribution >= 4 is 5.82 Å². The molecule has 2 aliphatic rings. The van der Waals surface area contributed by atoms with Gasteiger partial charge < -0.3 is 10.0 Å². The molecule has 3 rings (SSSR count). The van der Waals surface area contributed by atoms with E-state index < -0.39 is 0 Å². The number of rotatable bonds is 2. The molecule has 0 spiro atoms. The fourth-order valence-corrected chi connectivity index (χ4v) is 2.60. The number of nitrogens with zero attached hydrogens (tertiary/aromatic N) is 4. The monoisotopic (exact) mass is 254 g/mol. The third-order valence-electron chi connectivity index (χ3n) is 3.77. The fourth-order valence-electron chi connectivity index (χ4n) is 2.60. The Bertz CT molecular complexity index is 616. The normalized spacial score (nSPS) is 18.6. The van der Waals surface area contributed by atoms with E-state index in [1.54, 1.807) is 0 Å². The van der Waals surface area contributed by atoms with Crippen LogP contribution >= 0.6 is 0 Å². The number of aromatic nitrogens is 1. The number of aliphatic hydroxyl groups is 1. The molecule has 1 saturated carbocycles. The van der Waals surface area contributed by atoms with Crippen molar-refractivity contribution in [2.75, 3.05) is 18.0 Å². The molecular weight excluding hydrogens is 240 g/mol. The smallest absolute Gasteiger partial charge is 0.147 e. The molecular formula is C14H14N4O. The first kappa shape index (κ1) is 12.0. The lowest BCUT2D eigenvalue weighted by Crippen LogP contribution is -2.51. The molecule has 0 unspecified atom stereocenters. The van der Waals surface area contributed by atoms with E-state index in [4.69, 9.17) is 0 Å². The Morgan fingerprint density at radius 1 is 1.21 bits per heavy atom. The zero-order valence-electron chi connectivity index (χ0n) is 10.7. The second-order valence-electron chi connectivity index (χ2n) is 5.24. The second-order valence-corrected chi connectivity index (χ2v) is 5.24. The maximum Gasteiger partial charge on any atom is 0.147 e. The summed E-state index contributed by atoms with van der Waals surface area (Å²) in [5, 5.41) is 28.1. The van der Waals surface area contributed by atoms with Gasteiger partial charge in [-0.2, -0.15) is 10.5 Å². The van der Waals surface area contributed by atoms with Gasteiger partial charge in [-0.05, 0) is 31.2 Å². The predicted molar refractivity (Wildman–Crippen MR) is 68.6 cm³/mol. The van der Waals surface area contributed by atoms with Crippen LogP contribution in [0.2, 0.25) is 0 Å². The summed E-state index contributed by atoms with van der Waals surface area (Å²) in [4.78, 5) is 6.32. The summed E-state index contributed by atoms with van der Waals surface area (Å²) in [7, 11) is 0. The molecule has 5 nitrogen and oxygen atoms in total. The summed E-state index contributed by atoms with van der Waals surface area (Å²) in [6, 6.07) is 4.40. The molecule has 19 heavy (non-hydrogen) atoms. The van der Waals surface area contributed by atoms with Gasteiger partial charge in [0.05, 0.1) is 22.9 Å². The first-order valence-corrected chi connectivity index (χ1v) is 6.43. The van der Waals surface area contributed by atoms with E-state index in [0.717, 1.165) is 18.4 Å². The van der Waals surface area contributed by atoms with Crippen molar-refractivity contribution in [3.8, 4) is 12.1 Å². The SMILES string of the molecule is Cc1nc(N2CC(O)C2)c(C#N)c(C2CC2)c1C#N. The average Bonchev–Trinajstić information content (AvgIpc) is 3.17. The highest BCUT2D eigenvalue weighted by atomic mass is 16.3. The van der Waals surface area contributed by atoms with Crippen LogP contribution in [0.3, 0.4) is 0 Å². The van der Waals surface area contributed by atoms with Crippen LogP contribution in [0.15, 0.2) is 0 Å². The van der Waals surface area contributed by atoms with Crippen molar-refractivity contribution in [1.29, 1.82) is 10.5 Å². The van der Waals surface area contributed by atoms with E-state index >= 15 is 0 Å². The van der Waals surface area contributed by atoms with Crippen molar-refractivity contribution in [3.63, 3.8) is 0 Å². The molecule has 2 heterocycles. The Balaban J connectivity index is 2.16. The minimum Gasteiger partial charge on any atom is -0.389 e. The summed E-state index contributed by atoms with van der Waals surface area (Å²) >= 11 is 0. The largest absolute Gasteiger partial charge is 0.389 e. The van der Waals surface area contributed by atoms with Crippen LogP contribution in [-0.4, -0.2) is 29.3 Å². The van der Waals surface area contributed by atoms with Gasteiger partial charge in [0.25, 0.3) is 0 Å². The first-order valence-electron chi connectivity index (χ1n) is 6.43. The van der Waals surface area contributed by atoms with Crippen molar-refractivity contribution in [2.24, 2.45) is 0 Å². The van der Waals surface area contributed by atoms with Gasteiger partial charge in [0, 0.05) is 13.1 Å². The van der Waals surface area contributed by atoms with Gasteiger partial charge in [0.15, 0.2) is 0 Å². The quantitative estimate of drug-likeness (QED) is 0.857. The fraction of sp³-hybridized carbons (Fsp3) is 0.500. The van der Waals surface area contributed by atoms with Crippen molar-refractivity contribution in [1.82, 2.24) is 4.98 Å². The van der Waals surface area contributed by atoms with Crippen LogP contribution in [0, 0.1) is 29.6 Å². The number of pyridine rings is 1. The molecule has 0 bridgehead atoms. The van der Waals surface area contributed by atoms with E-state index in [0.29, 0.717) is 41.6 Å². The van der Waals surface area contributed by atoms with E-state index in [2.05, 4.69) is 17.1 Å². The molecule has 1 aliphatic heterocycles. The van der Waals surface area contributed by atoms with Crippen molar-refractivity contribution < 1.29 is 5.11 Å². The first-order chi connectivity index (χ1) is 9.15. The van der Waals surface area contributed by atoms with Gasteiger partial charge in [-0.15, -0.1) is 0 Å². The molecule has 1 saturated heterocycles. The Hall–Kier alpha value is -2.11. The van der Waals surface area contributed by atoms with Gasteiger partial charge in [-0.1, -0.05) is 0 Å². The van der Waals surface area contributed by atoms with E-state index in [-0.39, 0.29) is 6.10 Å². The van der Waals surface area contributed by atoms with Gasteiger partial charge in [-0.3, -0.25) is 0 Å². The third kappa shape index (κ3) is 1.83. The van der Waals surface area contributed by atoms with Crippen LogP contribution in [0.5, 0.6) is 0 Å². The minimum atomic E-state index is -0.339. The maximum absolute atomic E-state index is 9.43. The van der Waals surface area contributed by atoms with E-state index in [1.165, 1.54) is 0 Å². The number of β-amino-alcohol motifs (C(OH)–C–C–N with tert-alkyl or cyclic N) is 1. The Morgan fingerprint density at radius 2 is 1.84 bits per heavy atom. The van der Waals surface area contributed by atoms with E-state index in [1.807, 2.05) is 11.8 Å². The van der Waals surface area contributed by atoms with Crippen molar-refractivity contribution in [3.05, 3.63) is 22.4 Å². The van der Waals surface area contributed by atoms with Crippen LogP contribution < -0.4 is 4.90 Å². The van der Waals surface area contributed by atoms with Crippen LogP contribution in [0.1, 0.15) is 41.1 Å². The number of aryl methyl sites for hydroxylation is 1. The lowest BCUT2D eigenvalue weighted by molar-refractivity contribution is 0.141. The summed E-state index contributed by atoms with van der Waals surface area (Å²) < 4.78 is 0. The lowest BCUT2D eigenvalue weighted by Gasteiger charge is -2.37. The Kier molecular flexibility index (Phi) is 2.66. The topological polar surface area (TPSA) is 83.9 Å². The Labute approximate surface area is 111 Å². The molecule has 5 heteroatoms. The molecule has 1 aromatic heterocycles. The molecule has 2 fully saturated rings. The van der Waals surface area contributed by atoms with Gasteiger partial charge in [-0.25, -0.2) is 4.98 Å². The van der Waals surface area contributed by atoms with Crippen LogP contribution in [0.4, 0.5) is 5.82 Å². The molecule has 1 aromatic rings. The highest BCUT2D eigenvalue weighted by molar-refractivity contribution is 5.65. The zero-order chi connectivity index (χ0) is 13.6. The summed E-state index contributed by atoms with van der Waals surface area (Å²) in [6.45, 7) is 2.83. The van der Waals surface area contributed by atoms with Crippen LogP contribution in [-0.2, 0) is 0 Å². The van der Waals surface area contributed by atoms with Gasteiger partial charge in [0.2, 0.25) is 0 Å². The minimum absolute atomic E-state index is 0.330. The van der Waals surface area contributed by atoms with E-state index in [9.17, 15) is 15.6 Å². The molecule has 1 N–H and O–H groups in total. The molecule has 0 atom stereocenters. The third-order valence-corrected chi connectivity index (χ3v) is 3.77. The number of nitriles is 2. The Morgan fingerprint density at radius 3 is 2.32 bits per heavy atom. The number of hydrogen-bond acceptors (Lipinski definition) is 5. The molecule has 0 amide bonds. The van der Waals surface area contributed by atoms with Crippen molar-refractivity contribution in [2.45, 2.75) is 31.8 Å². The number of hydrogen-bond donors (Lipinski definition) is 1. The van der Waals surface area contributed by atoms with Crippen LogP contribution in [0.25, 0.3) is 0 Å².